The summed E-state index contributed by atoms with van der Waals surface area (Å²) in [6.45, 7) is 3.05. The van der Waals surface area contributed by atoms with Gasteiger partial charge in [-0.1, -0.05) is 18.7 Å². The molecule has 13 heteroatoms. The molecule has 0 saturated heterocycles. The Kier molecular flexibility index (Phi) is 6.01. The number of sulfonamides is 1. The molecule has 0 spiro atoms. The molecule has 9 nitrogen and oxygen atoms in total. The third-order valence-electron chi connectivity index (χ3n) is 4.35. The quantitative estimate of drug-likeness (QED) is 0.509. The Labute approximate surface area is 183 Å². The van der Waals surface area contributed by atoms with E-state index in [0.717, 1.165) is 16.8 Å². The summed E-state index contributed by atoms with van der Waals surface area (Å²) in [6.07, 6.45) is -4.13. The lowest BCUT2D eigenvalue weighted by Gasteiger charge is -2.15. The molecule has 0 aliphatic heterocycles. The second-order valence-electron chi connectivity index (χ2n) is 6.60. The summed E-state index contributed by atoms with van der Waals surface area (Å²) in [5, 5.41) is 11.8. The average Bonchev–Trinajstić information content (AvgIpc) is 2.72. The minimum absolute atomic E-state index is 0.00422. The number of carboxylic acids is 1. The van der Waals surface area contributed by atoms with Crippen LogP contribution in [0.3, 0.4) is 0 Å². The number of anilines is 2. The standard InChI is InChI=1S/C20H14F3N3O6S/c1-2-33(31,32)25-13-8-11(20(21,22)23)7-12(9-13)24-19(30)26-10-15(18(28)29)17(27)14-5-3-4-6-16(14)26/h2-10,25H,1H2,(H,24,30)(H,28,29). The number of hydrogen-bond donors (Lipinski definition) is 3. The van der Waals surface area contributed by atoms with Crippen LogP contribution < -0.4 is 15.5 Å². The number of para-hydroxylation sites is 1. The monoisotopic (exact) mass is 481 g/mol. The van der Waals surface area contributed by atoms with Crippen LogP contribution in [0.4, 0.5) is 29.3 Å². The van der Waals surface area contributed by atoms with E-state index in [1.165, 1.54) is 24.3 Å². The number of carboxylic acid groups (broad SMARTS) is 1. The van der Waals surface area contributed by atoms with E-state index in [9.17, 15) is 41.1 Å². The van der Waals surface area contributed by atoms with Gasteiger partial charge in [-0.05, 0) is 30.3 Å². The van der Waals surface area contributed by atoms with Gasteiger partial charge in [0, 0.05) is 22.7 Å². The van der Waals surface area contributed by atoms with E-state index in [1.54, 1.807) is 0 Å². The molecule has 3 aromatic rings. The fraction of sp³-hybridized carbons (Fsp3) is 0.0500. The number of carbonyl (C=O) groups is 2. The lowest BCUT2D eigenvalue weighted by molar-refractivity contribution is -0.137. The third-order valence-corrected chi connectivity index (χ3v) is 5.31. The van der Waals surface area contributed by atoms with Crippen LogP contribution in [0.1, 0.15) is 15.9 Å². The van der Waals surface area contributed by atoms with E-state index in [-0.39, 0.29) is 10.9 Å². The van der Waals surface area contributed by atoms with Crippen molar-refractivity contribution in [1.82, 2.24) is 4.57 Å². The summed E-state index contributed by atoms with van der Waals surface area (Å²) in [5.74, 6) is -1.60. The number of benzene rings is 2. The number of alkyl halides is 3. The molecule has 0 radical (unpaired) electrons. The predicted octanol–water partition coefficient (Wildman–Crippen LogP) is 3.68. The second kappa shape index (κ2) is 8.43. The number of nitrogens with one attached hydrogen (secondary N) is 2. The molecule has 172 valence electrons. The number of rotatable bonds is 5. The van der Waals surface area contributed by atoms with Crippen molar-refractivity contribution in [2.24, 2.45) is 0 Å². The van der Waals surface area contributed by atoms with E-state index in [0.29, 0.717) is 17.5 Å². The molecular formula is C20H14F3N3O6S. The lowest BCUT2D eigenvalue weighted by Crippen LogP contribution is -2.26. The number of nitrogens with zero attached hydrogens (tertiary/aromatic N) is 1. The Hall–Kier alpha value is -4.13. The number of hydrogen-bond acceptors (Lipinski definition) is 5. The summed E-state index contributed by atoms with van der Waals surface area (Å²) in [6, 6.07) is 6.47. The van der Waals surface area contributed by atoms with Gasteiger partial charge in [-0.3, -0.25) is 14.1 Å². The Morgan fingerprint density at radius 3 is 2.33 bits per heavy atom. The zero-order valence-electron chi connectivity index (χ0n) is 16.4. The lowest BCUT2D eigenvalue weighted by atomic mass is 10.1. The van der Waals surface area contributed by atoms with Crippen LogP contribution in [0.2, 0.25) is 0 Å². The van der Waals surface area contributed by atoms with Crippen LogP contribution in [0, 0.1) is 0 Å². The van der Waals surface area contributed by atoms with Crippen molar-refractivity contribution >= 4 is 44.3 Å². The molecule has 0 atom stereocenters. The van der Waals surface area contributed by atoms with Crippen LogP contribution in [-0.2, 0) is 16.2 Å². The zero-order valence-corrected chi connectivity index (χ0v) is 17.2. The molecule has 3 rings (SSSR count). The maximum atomic E-state index is 13.3. The summed E-state index contributed by atoms with van der Waals surface area (Å²) >= 11 is 0. The van der Waals surface area contributed by atoms with E-state index >= 15 is 0 Å². The molecular weight excluding hydrogens is 467 g/mol. The van der Waals surface area contributed by atoms with Gasteiger partial charge < -0.3 is 10.4 Å². The number of amides is 1. The molecule has 1 heterocycles. The van der Waals surface area contributed by atoms with E-state index in [4.69, 9.17) is 0 Å². The van der Waals surface area contributed by atoms with Gasteiger partial charge in [0.15, 0.2) is 0 Å². The van der Waals surface area contributed by atoms with E-state index < -0.39 is 56.1 Å². The summed E-state index contributed by atoms with van der Waals surface area (Å²) in [4.78, 5) is 36.6. The zero-order chi connectivity index (χ0) is 24.6. The van der Waals surface area contributed by atoms with Crippen molar-refractivity contribution in [3.8, 4) is 0 Å². The molecule has 0 aliphatic carbocycles. The first-order chi connectivity index (χ1) is 15.3. The highest BCUT2D eigenvalue weighted by Gasteiger charge is 2.32. The highest BCUT2D eigenvalue weighted by Crippen LogP contribution is 2.34. The second-order valence-corrected chi connectivity index (χ2v) is 8.23. The predicted molar refractivity (Wildman–Crippen MR) is 114 cm³/mol. The Morgan fingerprint density at radius 1 is 1.09 bits per heavy atom. The van der Waals surface area contributed by atoms with Crippen LogP contribution >= 0.6 is 0 Å². The highest BCUT2D eigenvalue weighted by atomic mass is 32.2. The fourth-order valence-electron chi connectivity index (χ4n) is 2.91. The normalized spacial score (nSPS) is 11.7. The van der Waals surface area contributed by atoms with Gasteiger partial charge in [-0.15, -0.1) is 0 Å². The topological polar surface area (TPSA) is 135 Å². The first-order valence-corrected chi connectivity index (χ1v) is 10.4. The largest absolute Gasteiger partial charge is 0.477 e. The van der Waals surface area contributed by atoms with Gasteiger partial charge in [0.1, 0.15) is 5.56 Å². The molecule has 0 aliphatic rings. The Morgan fingerprint density at radius 2 is 1.73 bits per heavy atom. The van der Waals surface area contributed by atoms with Crippen molar-refractivity contribution in [2.75, 3.05) is 10.0 Å². The van der Waals surface area contributed by atoms with Crippen LogP contribution in [0.5, 0.6) is 0 Å². The smallest absolute Gasteiger partial charge is 0.416 e. The first-order valence-electron chi connectivity index (χ1n) is 8.89. The summed E-state index contributed by atoms with van der Waals surface area (Å²) in [5.41, 5.74) is -3.79. The Bertz CT molecular complexity index is 1460. The SMILES string of the molecule is C=CS(=O)(=O)Nc1cc(NC(=O)n2cc(C(=O)O)c(=O)c3ccccc32)cc(C(F)(F)F)c1. The van der Waals surface area contributed by atoms with Gasteiger partial charge in [0.2, 0.25) is 5.43 Å². The maximum Gasteiger partial charge on any atom is 0.416 e. The maximum absolute atomic E-state index is 13.3. The van der Waals surface area contributed by atoms with Gasteiger partial charge in [0.05, 0.1) is 16.8 Å². The molecule has 1 amide bonds. The number of aromatic carboxylic acids is 1. The summed E-state index contributed by atoms with van der Waals surface area (Å²) in [7, 11) is -4.15. The third kappa shape index (κ3) is 5.03. The number of fused-ring (bicyclic) bond motifs is 1. The van der Waals surface area contributed by atoms with Gasteiger partial charge in [0.25, 0.3) is 10.0 Å². The van der Waals surface area contributed by atoms with E-state index in [1.807, 2.05) is 4.72 Å². The van der Waals surface area contributed by atoms with Crippen molar-refractivity contribution < 1.29 is 36.3 Å². The van der Waals surface area contributed by atoms with Gasteiger partial charge in [-0.2, -0.15) is 13.2 Å². The number of pyridine rings is 1. The first kappa shape index (κ1) is 23.5. The van der Waals surface area contributed by atoms with Crippen LogP contribution in [0.25, 0.3) is 10.9 Å². The van der Waals surface area contributed by atoms with Crippen molar-refractivity contribution in [1.29, 1.82) is 0 Å². The molecule has 1 aromatic heterocycles. The molecule has 0 bridgehead atoms. The van der Waals surface area contributed by atoms with E-state index in [2.05, 4.69) is 11.9 Å². The minimum Gasteiger partial charge on any atom is -0.477 e. The van der Waals surface area contributed by atoms with Crippen molar-refractivity contribution in [3.05, 3.63) is 82.0 Å². The van der Waals surface area contributed by atoms with Gasteiger partial charge >= 0.3 is 18.2 Å². The van der Waals surface area contributed by atoms with Crippen LogP contribution in [-0.4, -0.2) is 30.1 Å². The molecule has 0 saturated carbocycles. The Balaban J connectivity index is 2.12. The summed E-state index contributed by atoms with van der Waals surface area (Å²) < 4.78 is 65.9. The average molecular weight is 481 g/mol. The minimum atomic E-state index is -4.88. The molecule has 0 unspecified atom stereocenters. The molecule has 33 heavy (non-hydrogen) atoms. The molecule has 3 N–H and O–H groups in total. The van der Waals surface area contributed by atoms with Crippen molar-refractivity contribution in [3.63, 3.8) is 0 Å². The molecule has 2 aromatic carbocycles. The number of halogens is 3. The highest BCUT2D eigenvalue weighted by molar-refractivity contribution is 7.95. The van der Waals surface area contributed by atoms with Crippen molar-refractivity contribution in [2.45, 2.75) is 6.18 Å². The number of aromatic nitrogens is 1. The molecule has 0 fully saturated rings. The van der Waals surface area contributed by atoms with Gasteiger partial charge in [-0.25, -0.2) is 18.0 Å². The van der Waals surface area contributed by atoms with Crippen LogP contribution in [0.15, 0.2) is 65.4 Å². The fourth-order valence-corrected chi connectivity index (χ4v) is 3.44. The number of carbonyl (C=O) groups excluding carboxylic acids is 1.